The monoisotopic (exact) mass is 454 g/mol. The van der Waals surface area contributed by atoms with Crippen LogP contribution < -0.4 is 14.4 Å². The summed E-state index contributed by atoms with van der Waals surface area (Å²) in [6, 6.07) is 16.7. The van der Waals surface area contributed by atoms with Crippen molar-refractivity contribution in [3.8, 4) is 5.75 Å². The number of sulfonamides is 1. The summed E-state index contributed by atoms with van der Waals surface area (Å²) in [4.78, 5) is 12.6. The molecule has 1 N–H and O–H groups in total. The first-order valence-electron chi connectivity index (χ1n) is 9.72. The molecule has 0 aromatic heterocycles. The van der Waals surface area contributed by atoms with Gasteiger partial charge in [0.1, 0.15) is 11.6 Å². The number of nitrogens with one attached hydrogen (secondary N) is 1. The molecule has 3 aromatic carbocycles. The van der Waals surface area contributed by atoms with Crippen molar-refractivity contribution in [1.82, 2.24) is 0 Å². The average molecular weight is 455 g/mol. The third-order valence-corrected chi connectivity index (χ3v) is 6.50. The van der Waals surface area contributed by atoms with Gasteiger partial charge in [-0.2, -0.15) is 0 Å². The van der Waals surface area contributed by atoms with Crippen LogP contribution in [0.3, 0.4) is 0 Å². The molecule has 6 nitrogen and oxygen atoms in total. The van der Waals surface area contributed by atoms with Crippen LogP contribution in [0.4, 0.5) is 15.8 Å². The Balaban J connectivity index is 2.00. The maximum absolute atomic E-state index is 14.5. The minimum atomic E-state index is -4.09. The minimum absolute atomic E-state index is 0.00570. The van der Waals surface area contributed by atoms with E-state index in [1.165, 1.54) is 13.2 Å². The molecule has 0 aliphatic rings. The summed E-state index contributed by atoms with van der Waals surface area (Å²) < 4.78 is 47.5. The highest BCUT2D eigenvalue weighted by atomic mass is 32.2. The number of nitrogens with zero attached hydrogens (tertiary/aromatic N) is 1. The lowest BCUT2D eigenvalue weighted by atomic mass is 10.1. The van der Waals surface area contributed by atoms with Crippen LogP contribution in [0.2, 0.25) is 0 Å². The molecule has 0 radical (unpaired) electrons. The van der Waals surface area contributed by atoms with E-state index in [-0.39, 0.29) is 11.4 Å². The SMILES string of the molecule is C=CCN(c1ccccc1)S(=O)(=O)c1ccc(F)c(C(=O)Nc2cc(C)ccc2OC)c1. The number of anilines is 2. The van der Waals surface area contributed by atoms with E-state index in [2.05, 4.69) is 11.9 Å². The Kier molecular flexibility index (Phi) is 6.95. The molecule has 0 atom stereocenters. The van der Waals surface area contributed by atoms with Gasteiger partial charge in [0.2, 0.25) is 0 Å². The number of benzene rings is 3. The quantitative estimate of drug-likeness (QED) is 0.497. The van der Waals surface area contributed by atoms with Gasteiger partial charge in [-0.15, -0.1) is 6.58 Å². The van der Waals surface area contributed by atoms with Gasteiger partial charge in [-0.05, 0) is 55.0 Å². The van der Waals surface area contributed by atoms with Crippen molar-refractivity contribution in [2.24, 2.45) is 0 Å². The van der Waals surface area contributed by atoms with Gasteiger partial charge in [0, 0.05) is 0 Å². The van der Waals surface area contributed by atoms with Gasteiger partial charge in [-0.1, -0.05) is 30.3 Å². The largest absolute Gasteiger partial charge is 0.495 e. The zero-order chi connectivity index (χ0) is 23.3. The Bertz CT molecular complexity index is 1240. The number of methoxy groups -OCH3 is 1. The Morgan fingerprint density at radius 1 is 1.12 bits per heavy atom. The number of rotatable bonds is 8. The first kappa shape index (κ1) is 23.0. The molecule has 0 aliphatic carbocycles. The number of carbonyl (C=O) groups excluding carboxylic acids is 1. The predicted octanol–water partition coefficient (Wildman–Crippen LogP) is 4.78. The number of para-hydroxylation sites is 1. The standard InChI is InChI=1S/C24H23FN2O4S/c1-4-14-27(18-8-6-5-7-9-18)32(29,30)19-11-12-21(25)20(16-19)24(28)26-22-15-17(2)10-13-23(22)31-3/h4-13,15-16H,1,14H2,2-3H3,(H,26,28). The molecule has 0 unspecified atom stereocenters. The van der Waals surface area contributed by atoms with Gasteiger partial charge in [0.15, 0.2) is 0 Å². The smallest absolute Gasteiger partial charge is 0.264 e. The summed E-state index contributed by atoms with van der Waals surface area (Å²) in [7, 11) is -2.64. The van der Waals surface area contributed by atoms with Gasteiger partial charge in [-0.25, -0.2) is 12.8 Å². The summed E-state index contributed by atoms with van der Waals surface area (Å²) in [6.45, 7) is 5.46. The lowest BCUT2D eigenvalue weighted by Crippen LogP contribution is -2.31. The molecule has 0 heterocycles. The Morgan fingerprint density at radius 2 is 1.84 bits per heavy atom. The van der Waals surface area contributed by atoms with Crippen LogP contribution in [0.1, 0.15) is 15.9 Å². The predicted molar refractivity (Wildman–Crippen MR) is 123 cm³/mol. The molecule has 0 saturated carbocycles. The second-order valence-electron chi connectivity index (χ2n) is 6.96. The molecule has 0 aliphatic heterocycles. The van der Waals surface area contributed by atoms with Crippen LogP contribution in [0.25, 0.3) is 0 Å². The first-order chi connectivity index (χ1) is 15.3. The fraction of sp³-hybridized carbons (Fsp3) is 0.125. The average Bonchev–Trinajstić information content (AvgIpc) is 2.78. The fourth-order valence-electron chi connectivity index (χ4n) is 3.13. The lowest BCUT2D eigenvalue weighted by Gasteiger charge is -2.23. The van der Waals surface area contributed by atoms with Crippen molar-refractivity contribution in [2.45, 2.75) is 11.8 Å². The zero-order valence-corrected chi connectivity index (χ0v) is 18.5. The maximum Gasteiger partial charge on any atom is 0.264 e. The van der Waals surface area contributed by atoms with Crippen LogP contribution >= 0.6 is 0 Å². The van der Waals surface area contributed by atoms with Crippen molar-refractivity contribution in [2.75, 3.05) is 23.3 Å². The highest BCUT2D eigenvalue weighted by molar-refractivity contribution is 7.92. The normalized spacial score (nSPS) is 11.0. The fourth-order valence-corrected chi connectivity index (χ4v) is 4.59. The topological polar surface area (TPSA) is 75.7 Å². The number of carbonyl (C=O) groups is 1. The van der Waals surface area contributed by atoms with Gasteiger partial charge in [0.25, 0.3) is 15.9 Å². The highest BCUT2D eigenvalue weighted by Crippen LogP contribution is 2.28. The molecule has 1 amide bonds. The molecule has 0 saturated heterocycles. The number of hydrogen-bond acceptors (Lipinski definition) is 4. The molecule has 166 valence electrons. The summed E-state index contributed by atoms with van der Waals surface area (Å²) in [5.41, 5.74) is 1.23. The van der Waals surface area contributed by atoms with E-state index in [9.17, 15) is 17.6 Å². The Labute approximate surface area is 187 Å². The van der Waals surface area contributed by atoms with Crippen molar-refractivity contribution in [3.63, 3.8) is 0 Å². The molecule has 0 fully saturated rings. The Hall–Kier alpha value is -3.65. The maximum atomic E-state index is 14.5. The second-order valence-corrected chi connectivity index (χ2v) is 8.82. The molecule has 0 bridgehead atoms. The summed E-state index contributed by atoms with van der Waals surface area (Å²) in [5, 5.41) is 2.60. The van der Waals surface area contributed by atoms with Crippen molar-refractivity contribution in [3.05, 3.63) is 96.3 Å². The number of halogens is 1. The van der Waals surface area contributed by atoms with Crippen molar-refractivity contribution >= 4 is 27.3 Å². The Morgan fingerprint density at radius 3 is 2.50 bits per heavy atom. The van der Waals surface area contributed by atoms with E-state index in [0.717, 1.165) is 28.1 Å². The molecule has 8 heteroatoms. The summed E-state index contributed by atoms with van der Waals surface area (Å²) >= 11 is 0. The number of aryl methyl sites for hydroxylation is 1. The van der Waals surface area contributed by atoms with Gasteiger partial charge < -0.3 is 10.1 Å². The zero-order valence-electron chi connectivity index (χ0n) is 17.7. The van der Waals surface area contributed by atoms with Crippen LogP contribution in [0.15, 0.2) is 84.3 Å². The second kappa shape index (κ2) is 9.65. The van der Waals surface area contributed by atoms with Crippen LogP contribution in [0.5, 0.6) is 5.75 Å². The number of ether oxygens (including phenoxy) is 1. The lowest BCUT2D eigenvalue weighted by molar-refractivity contribution is 0.102. The van der Waals surface area contributed by atoms with Gasteiger partial charge in [-0.3, -0.25) is 9.10 Å². The van der Waals surface area contributed by atoms with E-state index in [4.69, 9.17) is 4.74 Å². The molecule has 0 spiro atoms. The molecular weight excluding hydrogens is 431 g/mol. The number of amides is 1. The van der Waals surface area contributed by atoms with Gasteiger partial charge in [0.05, 0.1) is 35.5 Å². The van der Waals surface area contributed by atoms with E-state index < -0.39 is 27.3 Å². The van der Waals surface area contributed by atoms with Crippen LogP contribution in [0, 0.1) is 12.7 Å². The van der Waals surface area contributed by atoms with Gasteiger partial charge >= 0.3 is 0 Å². The van der Waals surface area contributed by atoms with E-state index in [1.807, 2.05) is 6.92 Å². The number of hydrogen-bond donors (Lipinski definition) is 1. The molecule has 3 rings (SSSR count). The first-order valence-corrected chi connectivity index (χ1v) is 11.2. The molecular formula is C24H23FN2O4S. The summed E-state index contributed by atoms with van der Waals surface area (Å²) in [6.07, 6.45) is 1.45. The third-order valence-electron chi connectivity index (χ3n) is 4.71. The highest BCUT2D eigenvalue weighted by Gasteiger charge is 2.26. The summed E-state index contributed by atoms with van der Waals surface area (Å²) in [5.74, 6) is -1.24. The minimum Gasteiger partial charge on any atom is -0.495 e. The van der Waals surface area contributed by atoms with Crippen molar-refractivity contribution in [1.29, 1.82) is 0 Å². The van der Waals surface area contributed by atoms with Crippen molar-refractivity contribution < 1.29 is 22.3 Å². The van der Waals surface area contributed by atoms with E-state index >= 15 is 0 Å². The molecule has 32 heavy (non-hydrogen) atoms. The van der Waals surface area contributed by atoms with Crippen LogP contribution in [-0.4, -0.2) is 28.0 Å². The van der Waals surface area contributed by atoms with Crippen LogP contribution in [-0.2, 0) is 10.0 Å². The third kappa shape index (κ3) is 4.81. The van der Waals surface area contributed by atoms with E-state index in [1.54, 1.807) is 48.5 Å². The molecule has 3 aromatic rings. The van der Waals surface area contributed by atoms with E-state index in [0.29, 0.717) is 17.1 Å².